The maximum Gasteiger partial charge on any atom is 0.182 e. The van der Waals surface area contributed by atoms with E-state index in [4.69, 9.17) is 11.6 Å². The van der Waals surface area contributed by atoms with E-state index in [2.05, 4.69) is 0 Å². The zero-order valence-electron chi connectivity index (χ0n) is 8.64. The van der Waals surface area contributed by atoms with Crippen molar-refractivity contribution in [2.75, 3.05) is 5.75 Å². The van der Waals surface area contributed by atoms with E-state index in [1.807, 2.05) is 0 Å². The van der Waals surface area contributed by atoms with Crippen LogP contribution in [0.25, 0.3) is 0 Å². The van der Waals surface area contributed by atoms with Gasteiger partial charge in [-0.25, -0.2) is 8.42 Å². The molecular formula is C11H13ClO3S. The SMILES string of the molecule is O=S(=O)(CC(O)C1CC1)c1ccccc1Cl. The number of benzene rings is 1. The van der Waals surface area contributed by atoms with Gasteiger partial charge in [0.15, 0.2) is 9.84 Å². The summed E-state index contributed by atoms with van der Waals surface area (Å²) in [7, 11) is -3.48. The van der Waals surface area contributed by atoms with Crippen LogP contribution in [0.2, 0.25) is 5.02 Å². The molecule has 0 aliphatic heterocycles. The lowest BCUT2D eigenvalue weighted by molar-refractivity contribution is 0.174. The first-order valence-corrected chi connectivity index (χ1v) is 7.19. The molecule has 1 saturated carbocycles. The Hall–Kier alpha value is -0.580. The summed E-state index contributed by atoms with van der Waals surface area (Å²) < 4.78 is 23.9. The molecule has 1 aliphatic rings. The number of rotatable bonds is 4. The summed E-state index contributed by atoms with van der Waals surface area (Å²) in [5.41, 5.74) is 0. The first-order valence-electron chi connectivity index (χ1n) is 5.16. The topological polar surface area (TPSA) is 54.4 Å². The molecular weight excluding hydrogens is 248 g/mol. The minimum Gasteiger partial charge on any atom is -0.392 e. The Balaban J connectivity index is 2.21. The molecule has 0 bridgehead atoms. The molecule has 1 aromatic rings. The van der Waals surface area contributed by atoms with Crippen molar-refractivity contribution >= 4 is 21.4 Å². The summed E-state index contributed by atoms with van der Waals surface area (Å²) in [5, 5.41) is 9.87. The molecule has 1 aliphatic carbocycles. The molecule has 2 rings (SSSR count). The number of hydrogen-bond acceptors (Lipinski definition) is 3. The van der Waals surface area contributed by atoms with E-state index in [1.54, 1.807) is 12.1 Å². The summed E-state index contributed by atoms with van der Waals surface area (Å²) in [4.78, 5) is 0.108. The van der Waals surface area contributed by atoms with Crippen LogP contribution < -0.4 is 0 Å². The van der Waals surface area contributed by atoms with Gasteiger partial charge in [-0.1, -0.05) is 23.7 Å². The molecule has 88 valence electrons. The van der Waals surface area contributed by atoms with Crippen LogP contribution in [0.3, 0.4) is 0 Å². The third-order valence-electron chi connectivity index (χ3n) is 2.73. The number of sulfone groups is 1. The van der Waals surface area contributed by atoms with Gasteiger partial charge in [-0.2, -0.15) is 0 Å². The quantitative estimate of drug-likeness (QED) is 0.899. The first kappa shape index (κ1) is 11.9. The summed E-state index contributed by atoms with van der Waals surface area (Å²) in [5.74, 6) is -0.0845. The average Bonchev–Trinajstić information content (AvgIpc) is 3.00. The second-order valence-corrected chi connectivity index (χ2v) is 6.53. The minimum absolute atomic E-state index is 0.108. The molecule has 1 aromatic carbocycles. The molecule has 0 spiro atoms. The summed E-state index contributed by atoms with van der Waals surface area (Å²) in [6.45, 7) is 0. The van der Waals surface area contributed by atoms with Crippen molar-refractivity contribution in [2.24, 2.45) is 5.92 Å². The molecule has 0 radical (unpaired) electrons. The van der Waals surface area contributed by atoms with Crippen molar-refractivity contribution in [3.8, 4) is 0 Å². The Bertz CT molecular complexity index is 480. The lowest BCUT2D eigenvalue weighted by atomic mass is 10.3. The van der Waals surface area contributed by atoms with E-state index in [1.165, 1.54) is 12.1 Å². The van der Waals surface area contributed by atoms with Crippen LogP contribution in [0, 0.1) is 5.92 Å². The molecule has 1 unspecified atom stereocenters. The van der Waals surface area contributed by atoms with Crippen molar-refractivity contribution < 1.29 is 13.5 Å². The molecule has 0 aromatic heterocycles. The van der Waals surface area contributed by atoms with Gasteiger partial charge in [-0.3, -0.25) is 0 Å². The maximum absolute atomic E-state index is 12.0. The third-order valence-corrected chi connectivity index (χ3v) is 4.98. The van der Waals surface area contributed by atoms with Crippen LogP contribution in [-0.4, -0.2) is 25.4 Å². The lowest BCUT2D eigenvalue weighted by Gasteiger charge is -2.10. The van der Waals surface area contributed by atoms with Crippen LogP contribution in [0.1, 0.15) is 12.8 Å². The molecule has 1 atom stereocenters. The zero-order valence-corrected chi connectivity index (χ0v) is 10.2. The Morgan fingerprint density at radius 3 is 2.56 bits per heavy atom. The molecule has 1 fully saturated rings. The second kappa shape index (κ2) is 4.35. The Labute approximate surface area is 100.0 Å². The van der Waals surface area contributed by atoms with Gasteiger partial charge in [-0.15, -0.1) is 0 Å². The molecule has 0 saturated heterocycles. The highest BCUT2D eigenvalue weighted by atomic mass is 35.5. The van der Waals surface area contributed by atoms with Gasteiger partial charge in [0, 0.05) is 0 Å². The number of aliphatic hydroxyl groups excluding tert-OH is 1. The summed E-state index contributed by atoms with van der Waals surface area (Å²) >= 11 is 5.83. The number of aliphatic hydroxyl groups is 1. The minimum atomic E-state index is -3.48. The van der Waals surface area contributed by atoms with E-state index < -0.39 is 15.9 Å². The van der Waals surface area contributed by atoms with Crippen molar-refractivity contribution in [3.63, 3.8) is 0 Å². The fourth-order valence-corrected chi connectivity index (χ4v) is 3.67. The molecule has 1 N–H and O–H groups in total. The van der Waals surface area contributed by atoms with Crippen LogP contribution in [0.15, 0.2) is 29.2 Å². The van der Waals surface area contributed by atoms with Crippen molar-refractivity contribution in [1.29, 1.82) is 0 Å². The smallest absolute Gasteiger partial charge is 0.182 e. The predicted molar refractivity (Wildman–Crippen MR) is 62.2 cm³/mol. The largest absolute Gasteiger partial charge is 0.392 e. The highest BCUT2D eigenvalue weighted by Gasteiger charge is 2.33. The van der Waals surface area contributed by atoms with Crippen molar-refractivity contribution in [1.82, 2.24) is 0 Å². The van der Waals surface area contributed by atoms with Gasteiger partial charge in [0.25, 0.3) is 0 Å². The highest BCUT2D eigenvalue weighted by molar-refractivity contribution is 7.91. The van der Waals surface area contributed by atoms with Crippen LogP contribution in [0.4, 0.5) is 0 Å². The van der Waals surface area contributed by atoms with Gasteiger partial charge in [0.1, 0.15) is 0 Å². The predicted octanol–water partition coefficient (Wildman–Crippen LogP) is 1.88. The standard InChI is InChI=1S/C11H13ClO3S/c12-9-3-1-2-4-11(9)16(14,15)7-10(13)8-5-6-8/h1-4,8,10,13H,5-7H2. The lowest BCUT2D eigenvalue weighted by Crippen LogP contribution is -2.22. The molecule has 0 amide bonds. The maximum atomic E-state index is 12.0. The van der Waals surface area contributed by atoms with Crippen molar-refractivity contribution in [3.05, 3.63) is 29.3 Å². The molecule has 5 heteroatoms. The van der Waals surface area contributed by atoms with E-state index in [0.717, 1.165) is 12.8 Å². The van der Waals surface area contributed by atoms with Crippen LogP contribution in [-0.2, 0) is 9.84 Å². The number of halogens is 1. The second-order valence-electron chi connectivity index (χ2n) is 4.12. The molecule has 0 heterocycles. The van der Waals surface area contributed by atoms with Gasteiger partial charge in [-0.05, 0) is 30.9 Å². The fraction of sp³-hybridized carbons (Fsp3) is 0.455. The first-order chi connectivity index (χ1) is 7.50. The highest BCUT2D eigenvalue weighted by Crippen LogP contribution is 2.34. The van der Waals surface area contributed by atoms with E-state index in [-0.39, 0.29) is 21.6 Å². The summed E-state index contributed by atoms with van der Waals surface area (Å²) in [6, 6.07) is 6.32. The Kier molecular flexibility index (Phi) is 3.24. The monoisotopic (exact) mass is 260 g/mol. The van der Waals surface area contributed by atoms with Gasteiger partial charge in [0.2, 0.25) is 0 Å². The number of hydrogen-bond donors (Lipinski definition) is 1. The normalized spacial score (nSPS) is 18.4. The molecule has 3 nitrogen and oxygen atoms in total. The Morgan fingerprint density at radius 2 is 2.00 bits per heavy atom. The van der Waals surface area contributed by atoms with Crippen LogP contribution in [0.5, 0.6) is 0 Å². The van der Waals surface area contributed by atoms with Gasteiger partial charge >= 0.3 is 0 Å². The van der Waals surface area contributed by atoms with Crippen LogP contribution >= 0.6 is 11.6 Å². The van der Waals surface area contributed by atoms with E-state index in [0.29, 0.717) is 0 Å². The third kappa shape index (κ3) is 2.56. The molecule has 16 heavy (non-hydrogen) atoms. The van der Waals surface area contributed by atoms with Crippen molar-refractivity contribution in [2.45, 2.75) is 23.8 Å². The van der Waals surface area contributed by atoms with E-state index in [9.17, 15) is 13.5 Å². The average molecular weight is 261 g/mol. The fourth-order valence-electron chi connectivity index (χ4n) is 1.63. The zero-order chi connectivity index (χ0) is 11.8. The summed E-state index contributed by atoms with van der Waals surface area (Å²) in [6.07, 6.45) is 1.07. The van der Waals surface area contributed by atoms with E-state index >= 15 is 0 Å². The van der Waals surface area contributed by atoms with Gasteiger partial charge < -0.3 is 5.11 Å². The van der Waals surface area contributed by atoms with Gasteiger partial charge in [0.05, 0.1) is 21.8 Å². The Morgan fingerprint density at radius 1 is 1.38 bits per heavy atom.